The number of pyridine rings is 1. The second-order valence-electron chi connectivity index (χ2n) is 4.65. The number of hydrogen-bond donors (Lipinski definition) is 1. The van der Waals surface area contributed by atoms with E-state index in [0.717, 1.165) is 0 Å². The van der Waals surface area contributed by atoms with Gasteiger partial charge in [0.25, 0.3) is 5.91 Å². The van der Waals surface area contributed by atoms with Crippen molar-refractivity contribution in [1.82, 2.24) is 9.88 Å². The molecule has 7 nitrogen and oxygen atoms in total. The Labute approximate surface area is 123 Å². The molecule has 0 aliphatic carbocycles. The lowest BCUT2D eigenvalue weighted by Crippen LogP contribution is -2.33. The van der Waals surface area contributed by atoms with Crippen LogP contribution in [0.3, 0.4) is 0 Å². The number of nitrogens with zero attached hydrogens (tertiary/aromatic N) is 2. The molecule has 1 aromatic heterocycles. The molecule has 7 heteroatoms. The number of carbonyl (C=O) groups is 2. The van der Waals surface area contributed by atoms with Gasteiger partial charge in [-0.25, -0.2) is 4.98 Å². The Kier molecular flexibility index (Phi) is 6.61. The molecule has 0 aromatic carbocycles. The van der Waals surface area contributed by atoms with E-state index in [1.807, 2.05) is 0 Å². The largest absolute Gasteiger partial charge is 0.481 e. The van der Waals surface area contributed by atoms with Crippen LogP contribution in [0, 0.1) is 5.92 Å². The molecule has 0 saturated carbocycles. The molecule has 1 N–H and O–H groups in total. The van der Waals surface area contributed by atoms with Gasteiger partial charge in [0, 0.05) is 38.5 Å². The molecule has 1 rings (SSSR count). The van der Waals surface area contributed by atoms with E-state index in [0.29, 0.717) is 24.7 Å². The standard InChI is InChI=1S/C14H20N2O5/c1-10(14(18)19)9-16(2)13(17)11-4-5-15-12(8-11)21-7-6-20-3/h4-5,8,10H,6-7,9H2,1-3H3,(H,18,19). The van der Waals surface area contributed by atoms with Gasteiger partial charge in [-0.2, -0.15) is 0 Å². The second-order valence-corrected chi connectivity index (χ2v) is 4.65. The first-order valence-corrected chi connectivity index (χ1v) is 6.51. The van der Waals surface area contributed by atoms with Crippen molar-refractivity contribution >= 4 is 11.9 Å². The maximum Gasteiger partial charge on any atom is 0.308 e. The Balaban J connectivity index is 2.68. The van der Waals surface area contributed by atoms with Crippen LogP contribution in [0.4, 0.5) is 0 Å². The summed E-state index contributed by atoms with van der Waals surface area (Å²) < 4.78 is 10.2. The van der Waals surface area contributed by atoms with Gasteiger partial charge in [-0.3, -0.25) is 9.59 Å². The summed E-state index contributed by atoms with van der Waals surface area (Å²) in [4.78, 5) is 28.4. The van der Waals surface area contributed by atoms with Gasteiger partial charge in [-0.05, 0) is 6.07 Å². The van der Waals surface area contributed by atoms with Crippen molar-refractivity contribution in [2.75, 3.05) is 33.9 Å². The first kappa shape index (κ1) is 16.9. The predicted molar refractivity (Wildman–Crippen MR) is 75.4 cm³/mol. The summed E-state index contributed by atoms with van der Waals surface area (Å²) in [5.74, 6) is -1.51. The molecule has 1 aromatic rings. The number of aliphatic carboxylic acids is 1. The van der Waals surface area contributed by atoms with Crippen molar-refractivity contribution in [2.45, 2.75) is 6.92 Å². The van der Waals surface area contributed by atoms with Crippen LogP contribution >= 0.6 is 0 Å². The van der Waals surface area contributed by atoms with Gasteiger partial charge in [-0.15, -0.1) is 0 Å². The molecule has 1 amide bonds. The number of carboxylic acid groups (broad SMARTS) is 1. The fourth-order valence-electron chi connectivity index (χ4n) is 1.64. The van der Waals surface area contributed by atoms with Crippen molar-refractivity contribution in [1.29, 1.82) is 0 Å². The summed E-state index contributed by atoms with van der Waals surface area (Å²) in [5.41, 5.74) is 0.400. The van der Waals surface area contributed by atoms with Crippen molar-refractivity contribution in [2.24, 2.45) is 5.92 Å². The molecule has 1 unspecified atom stereocenters. The van der Waals surface area contributed by atoms with E-state index in [-0.39, 0.29) is 12.5 Å². The highest BCUT2D eigenvalue weighted by molar-refractivity contribution is 5.94. The molecule has 0 aliphatic rings. The Morgan fingerprint density at radius 3 is 2.76 bits per heavy atom. The van der Waals surface area contributed by atoms with Crippen LogP contribution < -0.4 is 4.74 Å². The van der Waals surface area contributed by atoms with E-state index in [2.05, 4.69) is 4.98 Å². The topological polar surface area (TPSA) is 89.0 Å². The van der Waals surface area contributed by atoms with Gasteiger partial charge >= 0.3 is 5.97 Å². The molecule has 1 heterocycles. The monoisotopic (exact) mass is 296 g/mol. The normalized spacial score (nSPS) is 11.8. The third kappa shape index (κ3) is 5.39. The molecule has 0 aliphatic heterocycles. The maximum absolute atomic E-state index is 12.2. The van der Waals surface area contributed by atoms with E-state index in [9.17, 15) is 9.59 Å². The van der Waals surface area contributed by atoms with Crippen LogP contribution in [-0.2, 0) is 9.53 Å². The fraction of sp³-hybridized carbons (Fsp3) is 0.500. The lowest BCUT2D eigenvalue weighted by atomic mass is 10.1. The van der Waals surface area contributed by atoms with E-state index >= 15 is 0 Å². The first-order valence-electron chi connectivity index (χ1n) is 6.51. The zero-order valence-electron chi connectivity index (χ0n) is 12.4. The average Bonchev–Trinajstić information content (AvgIpc) is 2.46. The number of aromatic nitrogens is 1. The Morgan fingerprint density at radius 2 is 2.14 bits per heavy atom. The van der Waals surface area contributed by atoms with E-state index in [1.165, 1.54) is 17.2 Å². The number of methoxy groups -OCH3 is 1. The molecule has 21 heavy (non-hydrogen) atoms. The summed E-state index contributed by atoms with van der Waals surface area (Å²) in [6, 6.07) is 3.09. The summed E-state index contributed by atoms with van der Waals surface area (Å²) in [6.07, 6.45) is 1.48. The highest BCUT2D eigenvalue weighted by atomic mass is 16.5. The molecule has 0 spiro atoms. The van der Waals surface area contributed by atoms with Crippen LogP contribution in [0.25, 0.3) is 0 Å². The SMILES string of the molecule is COCCOc1cc(C(=O)N(C)CC(C)C(=O)O)ccn1. The van der Waals surface area contributed by atoms with Crippen LogP contribution in [0.5, 0.6) is 5.88 Å². The zero-order valence-corrected chi connectivity index (χ0v) is 12.4. The maximum atomic E-state index is 12.2. The first-order chi connectivity index (χ1) is 9.95. The van der Waals surface area contributed by atoms with Gasteiger partial charge < -0.3 is 19.5 Å². The minimum Gasteiger partial charge on any atom is -0.481 e. The molecule has 0 bridgehead atoms. The highest BCUT2D eigenvalue weighted by Gasteiger charge is 2.19. The van der Waals surface area contributed by atoms with E-state index < -0.39 is 11.9 Å². The molecular formula is C14H20N2O5. The second kappa shape index (κ2) is 8.21. The van der Waals surface area contributed by atoms with Crippen LogP contribution in [0.1, 0.15) is 17.3 Å². The van der Waals surface area contributed by atoms with Gasteiger partial charge in [0.1, 0.15) is 6.61 Å². The van der Waals surface area contributed by atoms with Crippen LogP contribution in [0.15, 0.2) is 18.3 Å². The van der Waals surface area contributed by atoms with Gasteiger partial charge in [0.05, 0.1) is 12.5 Å². The third-order valence-electron chi connectivity index (χ3n) is 2.84. The highest BCUT2D eigenvalue weighted by Crippen LogP contribution is 2.12. The van der Waals surface area contributed by atoms with Gasteiger partial charge in [0.2, 0.25) is 5.88 Å². The van der Waals surface area contributed by atoms with Crippen LogP contribution in [0.2, 0.25) is 0 Å². The lowest BCUT2D eigenvalue weighted by molar-refractivity contribution is -0.141. The van der Waals surface area contributed by atoms with Gasteiger partial charge in [-0.1, -0.05) is 6.92 Å². The summed E-state index contributed by atoms with van der Waals surface area (Å²) in [6.45, 7) is 2.46. The quantitative estimate of drug-likeness (QED) is 0.717. The Hall–Kier alpha value is -2.15. The summed E-state index contributed by atoms with van der Waals surface area (Å²) in [5, 5.41) is 8.87. The van der Waals surface area contributed by atoms with Crippen molar-refractivity contribution < 1.29 is 24.2 Å². The lowest BCUT2D eigenvalue weighted by Gasteiger charge is -2.19. The zero-order chi connectivity index (χ0) is 15.8. The predicted octanol–water partition coefficient (Wildman–Crippen LogP) is 0.899. The van der Waals surface area contributed by atoms with E-state index in [1.54, 1.807) is 27.1 Å². The summed E-state index contributed by atoms with van der Waals surface area (Å²) >= 11 is 0. The molecule has 116 valence electrons. The molecule has 0 saturated heterocycles. The fourth-order valence-corrected chi connectivity index (χ4v) is 1.64. The minimum absolute atomic E-state index is 0.135. The molecule has 1 atom stereocenters. The number of hydrogen-bond acceptors (Lipinski definition) is 5. The van der Waals surface area contributed by atoms with Gasteiger partial charge in [0.15, 0.2) is 0 Å². The van der Waals surface area contributed by atoms with Crippen molar-refractivity contribution in [3.63, 3.8) is 0 Å². The number of ether oxygens (including phenoxy) is 2. The van der Waals surface area contributed by atoms with Crippen LogP contribution in [-0.4, -0.2) is 60.8 Å². The number of rotatable bonds is 8. The molecular weight excluding hydrogens is 276 g/mol. The average molecular weight is 296 g/mol. The van der Waals surface area contributed by atoms with Crippen molar-refractivity contribution in [3.8, 4) is 5.88 Å². The van der Waals surface area contributed by atoms with E-state index in [4.69, 9.17) is 14.6 Å². The summed E-state index contributed by atoms with van der Waals surface area (Å²) in [7, 11) is 3.13. The third-order valence-corrected chi connectivity index (χ3v) is 2.84. The Bertz CT molecular complexity index is 492. The van der Waals surface area contributed by atoms with Crippen molar-refractivity contribution in [3.05, 3.63) is 23.9 Å². The molecule has 0 fully saturated rings. The smallest absolute Gasteiger partial charge is 0.308 e. The number of amides is 1. The molecule has 0 radical (unpaired) electrons. The Morgan fingerprint density at radius 1 is 1.43 bits per heavy atom. The number of carboxylic acids is 1. The number of carbonyl (C=O) groups excluding carboxylic acids is 1. The minimum atomic E-state index is -0.937.